The summed E-state index contributed by atoms with van der Waals surface area (Å²) in [6, 6.07) is 7.16. The van der Waals surface area contributed by atoms with Crippen molar-refractivity contribution in [3.63, 3.8) is 0 Å². The lowest BCUT2D eigenvalue weighted by Crippen LogP contribution is -2.04. The number of benzene rings is 1. The predicted molar refractivity (Wildman–Crippen MR) is 72.0 cm³/mol. The summed E-state index contributed by atoms with van der Waals surface area (Å²) in [5.74, 6) is 1.18. The molecule has 1 aromatic heterocycles. The molecule has 18 heavy (non-hydrogen) atoms. The van der Waals surface area contributed by atoms with Gasteiger partial charge in [0.05, 0.1) is 24.7 Å². The minimum atomic E-state index is -0.0294. The number of carbonyl (C=O) groups excluding carboxylic acids is 1. The lowest BCUT2D eigenvalue weighted by molar-refractivity contribution is 0.103. The molecule has 0 amide bonds. The summed E-state index contributed by atoms with van der Waals surface area (Å²) in [5.41, 5.74) is 1.51. The molecule has 1 heterocycles. The second kappa shape index (κ2) is 5.23. The number of thiophene rings is 1. The van der Waals surface area contributed by atoms with Crippen LogP contribution in [-0.2, 0) is 0 Å². The van der Waals surface area contributed by atoms with Crippen molar-refractivity contribution >= 4 is 17.1 Å². The van der Waals surface area contributed by atoms with Gasteiger partial charge in [0.2, 0.25) is 5.78 Å². The molecule has 2 rings (SSSR count). The average Bonchev–Trinajstić information content (AvgIpc) is 2.83. The third kappa shape index (κ3) is 2.24. The fraction of sp³-hybridized carbons (Fsp3) is 0.214. The Morgan fingerprint density at radius 1 is 1.17 bits per heavy atom. The van der Waals surface area contributed by atoms with Gasteiger partial charge in [-0.2, -0.15) is 0 Å². The molecule has 0 aliphatic carbocycles. The standard InChI is InChI=1S/C14H14O3S/c1-9-6-7-18-14(9)13(15)11-8-10(16-2)4-5-12(11)17-3/h4-8H,1-3H3. The highest BCUT2D eigenvalue weighted by Gasteiger charge is 2.18. The summed E-state index contributed by atoms with van der Waals surface area (Å²) in [6.07, 6.45) is 0. The Hall–Kier alpha value is -1.81. The van der Waals surface area contributed by atoms with Crippen LogP contribution in [0.4, 0.5) is 0 Å². The summed E-state index contributed by atoms with van der Waals surface area (Å²) < 4.78 is 10.4. The maximum atomic E-state index is 12.5. The van der Waals surface area contributed by atoms with E-state index in [4.69, 9.17) is 9.47 Å². The number of ether oxygens (including phenoxy) is 2. The first-order chi connectivity index (χ1) is 8.67. The number of aryl methyl sites for hydroxylation is 1. The molecule has 0 atom stereocenters. The van der Waals surface area contributed by atoms with E-state index in [-0.39, 0.29) is 5.78 Å². The summed E-state index contributed by atoms with van der Waals surface area (Å²) in [6.45, 7) is 1.93. The Morgan fingerprint density at radius 3 is 2.50 bits per heavy atom. The van der Waals surface area contributed by atoms with Gasteiger partial charge in [0.15, 0.2) is 0 Å². The molecule has 0 fully saturated rings. The van der Waals surface area contributed by atoms with Crippen molar-refractivity contribution in [3.05, 3.63) is 45.6 Å². The molecule has 4 heteroatoms. The number of hydrogen-bond acceptors (Lipinski definition) is 4. The highest BCUT2D eigenvalue weighted by molar-refractivity contribution is 7.12. The minimum Gasteiger partial charge on any atom is -0.497 e. The van der Waals surface area contributed by atoms with Crippen LogP contribution in [0.1, 0.15) is 20.8 Å². The van der Waals surface area contributed by atoms with E-state index < -0.39 is 0 Å². The molecular weight excluding hydrogens is 248 g/mol. The number of rotatable bonds is 4. The Kier molecular flexibility index (Phi) is 3.67. The van der Waals surface area contributed by atoms with Gasteiger partial charge in [-0.3, -0.25) is 4.79 Å². The van der Waals surface area contributed by atoms with E-state index in [0.29, 0.717) is 17.1 Å². The van der Waals surface area contributed by atoms with Crippen LogP contribution in [0, 0.1) is 6.92 Å². The van der Waals surface area contributed by atoms with E-state index in [9.17, 15) is 4.79 Å². The van der Waals surface area contributed by atoms with Crippen LogP contribution in [0.5, 0.6) is 11.5 Å². The number of hydrogen-bond donors (Lipinski definition) is 0. The third-order valence-electron chi connectivity index (χ3n) is 2.72. The topological polar surface area (TPSA) is 35.5 Å². The molecule has 0 aliphatic heterocycles. The highest BCUT2D eigenvalue weighted by Crippen LogP contribution is 2.29. The van der Waals surface area contributed by atoms with Crippen molar-refractivity contribution in [1.82, 2.24) is 0 Å². The molecule has 3 nitrogen and oxygen atoms in total. The minimum absolute atomic E-state index is 0.0294. The normalized spacial score (nSPS) is 10.2. The van der Waals surface area contributed by atoms with Crippen molar-refractivity contribution in [2.45, 2.75) is 6.92 Å². The van der Waals surface area contributed by atoms with Crippen LogP contribution in [0.2, 0.25) is 0 Å². The average molecular weight is 262 g/mol. The first kappa shape index (κ1) is 12.6. The lowest BCUT2D eigenvalue weighted by atomic mass is 10.1. The van der Waals surface area contributed by atoms with Gasteiger partial charge in [-0.05, 0) is 42.1 Å². The predicted octanol–water partition coefficient (Wildman–Crippen LogP) is 3.30. The molecular formula is C14H14O3S. The molecule has 0 bridgehead atoms. The number of ketones is 1. The second-order valence-corrected chi connectivity index (χ2v) is 4.74. The van der Waals surface area contributed by atoms with Crippen molar-refractivity contribution in [3.8, 4) is 11.5 Å². The van der Waals surface area contributed by atoms with Gasteiger partial charge in [0.1, 0.15) is 11.5 Å². The third-order valence-corrected chi connectivity index (χ3v) is 3.73. The molecule has 94 valence electrons. The van der Waals surface area contributed by atoms with Gasteiger partial charge in [0.25, 0.3) is 0 Å². The van der Waals surface area contributed by atoms with E-state index in [0.717, 1.165) is 10.4 Å². The van der Waals surface area contributed by atoms with Crippen LogP contribution >= 0.6 is 11.3 Å². The summed E-state index contributed by atoms with van der Waals surface area (Å²) in [7, 11) is 3.13. The maximum absolute atomic E-state index is 12.5. The maximum Gasteiger partial charge on any atom is 0.207 e. The SMILES string of the molecule is COc1ccc(OC)c(C(=O)c2sccc2C)c1. The molecule has 2 aromatic rings. The summed E-state index contributed by atoms with van der Waals surface area (Å²) in [4.78, 5) is 13.2. The van der Waals surface area contributed by atoms with Crippen molar-refractivity contribution < 1.29 is 14.3 Å². The van der Waals surface area contributed by atoms with Gasteiger partial charge in [-0.15, -0.1) is 11.3 Å². The quantitative estimate of drug-likeness (QED) is 0.793. The molecule has 1 aromatic carbocycles. The number of carbonyl (C=O) groups is 1. The Bertz CT molecular complexity index is 572. The van der Waals surface area contributed by atoms with E-state index >= 15 is 0 Å². The smallest absolute Gasteiger partial charge is 0.207 e. The molecule has 0 radical (unpaired) electrons. The van der Waals surface area contributed by atoms with E-state index in [1.807, 2.05) is 18.4 Å². The molecule has 0 spiro atoms. The Morgan fingerprint density at radius 2 is 1.94 bits per heavy atom. The van der Waals surface area contributed by atoms with Crippen LogP contribution < -0.4 is 9.47 Å². The Balaban J connectivity index is 2.49. The Labute approximate surface area is 110 Å². The van der Waals surface area contributed by atoms with Crippen LogP contribution in [0.3, 0.4) is 0 Å². The van der Waals surface area contributed by atoms with Crippen LogP contribution in [0.15, 0.2) is 29.6 Å². The fourth-order valence-electron chi connectivity index (χ4n) is 1.72. The van der Waals surface area contributed by atoms with E-state index in [2.05, 4.69) is 0 Å². The molecule has 0 aliphatic rings. The zero-order valence-corrected chi connectivity index (χ0v) is 11.3. The van der Waals surface area contributed by atoms with Crippen LogP contribution in [-0.4, -0.2) is 20.0 Å². The molecule has 0 saturated heterocycles. The van der Waals surface area contributed by atoms with Gasteiger partial charge in [-0.25, -0.2) is 0 Å². The summed E-state index contributed by atoms with van der Waals surface area (Å²) >= 11 is 1.44. The summed E-state index contributed by atoms with van der Waals surface area (Å²) in [5, 5.41) is 1.91. The van der Waals surface area contributed by atoms with Crippen molar-refractivity contribution in [2.75, 3.05) is 14.2 Å². The van der Waals surface area contributed by atoms with Crippen molar-refractivity contribution in [1.29, 1.82) is 0 Å². The van der Waals surface area contributed by atoms with Crippen LogP contribution in [0.25, 0.3) is 0 Å². The first-order valence-electron chi connectivity index (χ1n) is 5.48. The van der Waals surface area contributed by atoms with E-state index in [1.54, 1.807) is 32.4 Å². The van der Waals surface area contributed by atoms with E-state index in [1.165, 1.54) is 11.3 Å². The van der Waals surface area contributed by atoms with Crippen molar-refractivity contribution in [2.24, 2.45) is 0 Å². The second-order valence-electron chi connectivity index (χ2n) is 3.83. The molecule has 0 N–H and O–H groups in total. The zero-order chi connectivity index (χ0) is 13.1. The fourth-order valence-corrected chi connectivity index (χ4v) is 2.60. The lowest BCUT2D eigenvalue weighted by Gasteiger charge is -2.09. The monoisotopic (exact) mass is 262 g/mol. The zero-order valence-electron chi connectivity index (χ0n) is 10.5. The van der Waals surface area contributed by atoms with Gasteiger partial charge in [0, 0.05) is 0 Å². The van der Waals surface area contributed by atoms with Gasteiger partial charge >= 0.3 is 0 Å². The largest absolute Gasteiger partial charge is 0.497 e. The highest BCUT2D eigenvalue weighted by atomic mass is 32.1. The van der Waals surface area contributed by atoms with Gasteiger partial charge in [-0.1, -0.05) is 0 Å². The first-order valence-corrected chi connectivity index (χ1v) is 6.36. The van der Waals surface area contributed by atoms with Gasteiger partial charge < -0.3 is 9.47 Å². The molecule has 0 saturated carbocycles. The molecule has 0 unspecified atom stereocenters. The number of methoxy groups -OCH3 is 2.